The van der Waals surface area contributed by atoms with Crippen LogP contribution in [0.15, 0.2) is 36.0 Å². The number of urea groups is 1. The van der Waals surface area contributed by atoms with Crippen LogP contribution >= 0.6 is 0 Å². The number of nitrogens with zero attached hydrogens (tertiary/aromatic N) is 1. The number of nitrogens with one attached hydrogen (secondary N) is 2. The number of imide groups is 1. The van der Waals surface area contributed by atoms with Crippen LogP contribution in [0.3, 0.4) is 0 Å². The van der Waals surface area contributed by atoms with Crippen molar-refractivity contribution in [3.05, 3.63) is 58.5 Å². The second kappa shape index (κ2) is 6.27. The van der Waals surface area contributed by atoms with Crippen LogP contribution in [0.4, 0.5) is 4.79 Å². The van der Waals surface area contributed by atoms with Crippen LogP contribution in [0.2, 0.25) is 0 Å². The Morgan fingerprint density at radius 2 is 1.88 bits per heavy atom. The van der Waals surface area contributed by atoms with Gasteiger partial charge in [-0.1, -0.05) is 12.1 Å². The Kier molecular flexibility index (Phi) is 4.14. The number of amides is 3. The summed E-state index contributed by atoms with van der Waals surface area (Å²) < 4.78 is 6.76. The predicted molar refractivity (Wildman–Crippen MR) is 91.2 cm³/mol. The molecule has 0 bridgehead atoms. The molecule has 0 radical (unpaired) electrons. The lowest BCUT2D eigenvalue weighted by molar-refractivity contribution is -0.115. The minimum Gasteiger partial charge on any atom is -0.465 e. The molecule has 7 nitrogen and oxygen atoms in total. The van der Waals surface area contributed by atoms with E-state index in [0.717, 1.165) is 17.0 Å². The van der Waals surface area contributed by atoms with E-state index in [1.165, 1.54) is 7.11 Å². The van der Waals surface area contributed by atoms with Crippen molar-refractivity contribution in [1.82, 2.24) is 15.2 Å². The van der Waals surface area contributed by atoms with Gasteiger partial charge in [0.1, 0.15) is 5.70 Å². The van der Waals surface area contributed by atoms with E-state index in [2.05, 4.69) is 10.6 Å². The second-order valence-electron chi connectivity index (χ2n) is 5.64. The van der Waals surface area contributed by atoms with Gasteiger partial charge in [0.25, 0.3) is 5.91 Å². The maximum absolute atomic E-state index is 12.0. The number of esters is 1. The SMILES string of the molecule is COC(=O)c1ccccc1-n1c(C)cc(/C=C2\NC(=O)NC2=O)c1C. The molecule has 128 valence electrons. The van der Waals surface area contributed by atoms with E-state index in [1.807, 2.05) is 36.6 Å². The molecular formula is C18H17N3O4. The molecule has 2 aromatic rings. The van der Waals surface area contributed by atoms with Gasteiger partial charge >= 0.3 is 12.0 Å². The third-order valence-corrected chi connectivity index (χ3v) is 4.04. The quantitative estimate of drug-likeness (QED) is 0.509. The van der Waals surface area contributed by atoms with Gasteiger partial charge in [0.15, 0.2) is 0 Å². The zero-order valence-electron chi connectivity index (χ0n) is 14.0. The van der Waals surface area contributed by atoms with E-state index >= 15 is 0 Å². The first-order valence-electron chi connectivity index (χ1n) is 7.63. The van der Waals surface area contributed by atoms with Crippen LogP contribution in [0.25, 0.3) is 11.8 Å². The molecule has 3 rings (SSSR count). The minimum atomic E-state index is -0.541. The Morgan fingerprint density at radius 1 is 1.16 bits per heavy atom. The Balaban J connectivity index is 2.11. The zero-order chi connectivity index (χ0) is 18.1. The number of para-hydroxylation sites is 1. The monoisotopic (exact) mass is 339 g/mol. The van der Waals surface area contributed by atoms with Gasteiger partial charge in [-0.2, -0.15) is 0 Å². The number of ether oxygens (including phenoxy) is 1. The Hall–Kier alpha value is -3.35. The summed E-state index contributed by atoms with van der Waals surface area (Å²) in [7, 11) is 1.34. The van der Waals surface area contributed by atoms with Crippen LogP contribution in [0.5, 0.6) is 0 Å². The largest absolute Gasteiger partial charge is 0.465 e. The third-order valence-electron chi connectivity index (χ3n) is 4.04. The van der Waals surface area contributed by atoms with Gasteiger partial charge in [0.05, 0.1) is 18.4 Å². The number of hydrogen-bond acceptors (Lipinski definition) is 4. The highest BCUT2D eigenvalue weighted by molar-refractivity contribution is 6.14. The van der Waals surface area contributed by atoms with E-state index in [9.17, 15) is 14.4 Å². The molecule has 0 saturated carbocycles. The molecule has 1 aliphatic rings. The Morgan fingerprint density at radius 3 is 2.52 bits per heavy atom. The zero-order valence-corrected chi connectivity index (χ0v) is 14.0. The van der Waals surface area contributed by atoms with Crippen LogP contribution in [0.1, 0.15) is 27.3 Å². The van der Waals surface area contributed by atoms with Crippen molar-refractivity contribution in [2.75, 3.05) is 7.11 Å². The highest BCUT2D eigenvalue weighted by Gasteiger charge is 2.24. The summed E-state index contributed by atoms with van der Waals surface area (Å²) >= 11 is 0. The highest BCUT2D eigenvalue weighted by atomic mass is 16.5. The number of methoxy groups -OCH3 is 1. The van der Waals surface area contributed by atoms with E-state index in [0.29, 0.717) is 11.3 Å². The van der Waals surface area contributed by atoms with Gasteiger partial charge < -0.3 is 14.6 Å². The van der Waals surface area contributed by atoms with E-state index in [1.54, 1.807) is 18.2 Å². The summed E-state index contributed by atoms with van der Waals surface area (Å²) in [5.41, 5.74) is 3.79. The molecule has 0 unspecified atom stereocenters. The molecule has 0 atom stereocenters. The van der Waals surface area contributed by atoms with Crippen LogP contribution in [-0.4, -0.2) is 29.6 Å². The number of benzene rings is 1. The van der Waals surface area contributed by atoms with E-state index in [4.69, 9.17) is 4.74 Å². The van der Waals surface area contributed by atoms with Gasteiger partial charge in [0.2, 0.25) is 0 Å². The van der Waals surface area contributed by atoms with Gasteiger partial charge in [0, 0.05) is 11.4 Å². The average molecular weight is 339 g/mol. The molecule has 0 spiro atoms. The molecule has 1 aliphatic heterocycles. The molecule has 2 N–H and O–H groups in total. The molecule has 0 aliphatic carbocycles. The number of carbonyl (C=O) groups is 3. The number of aryl methyl sites for hydroxylation is 1. The molecule has 25 heavy (non-hydrogen) atoms. The van der Waals surface area contributed by atoms with Crippen LogP contribution in [0, 0.1) is 13.8 Å². The predicted octanol–water partition coefficient (Wildman–Crippen LogP) is 2.06. The lowest BCUT2D eigenvalue weighted by Gasteiger charge is -2.13. The molecule has 3 amide bonds. The summed E-state index contributed by atoms with van der Waals surface area (Å²) in [6.07, 6.45) is 1.61. The topological polar surface area (TPSA) is 89.4 Å². The average Bonchev–Trinajstić information content (AvgIpc) is 3.05. The van der Waals surface area contributed by atoms with Gasteiger partial charge in [-0.3, -0.25) is 10.1 Å². The molecule has 1 fully saturated rings. The van der Waals surface area contributed by atoms with Crippen LogP contribution < -0.4 is 10.6 Å². The first kappa shape index (κ1) is 16.5. The van der Waals surface area contributed by atoms with Gasteiger partial charge in [-0.25, -0.2) is 9.59 Å². The first-order chi connectivity index (χ1) is 11.9. The van der Waals surface area contributed by atoms with Crippen molar-refractivity contribution in [2.24, 2.45) is 0 Å². The summed E-state index contributed by atoms with van der Waals surface area (Å²) in [5, 5.41) is 4.63. The smallest absolute Gasteiger partial charge is 0.339 e. The lowest BCUT2D eigenvalue weighted by Crippen LogP contribution is -2.22. The number of aromatic nitrogens is 1. The molecule has 7 heteroatoms. The van der Waals surface area contributed by atoms with Crippen LogP contribution in [-0.2, 0) is 9.53 Å². The molecule has 1 aromatic heterocycles. The molecule has 1 saturated heterocycles. The highest BCUT2D eigenvalue weighted by Crippen LogP contribution is 2.25. The van der Waals surface area contributed by atoms with Crippen molar-refractivity contribution in [2.45, 2.75) is 13.8 Å². The lowest BCUT2D eigenvalue weighted by atomic mass is 10.1. The number of rotatable bonds is 3. The second-order valence-corrected chi connectivity index (χ2v) is 5.64. The van der Waals surface area contributed by atoms with E-state index < -0.39 is 17.9 Å². The first-order valence-corrected chi connectivity index (χ1v) is 7.63. The summed E-state index contributed by atoms with van der Waals surface area (Å²) in [5.74, 6) is -0.893. The number of carbonyl (C=O) groups excluding carboxylic acids is 3. The fourth-order valence-corrected chi connectivity index (χ4v) is 2.89. The normalized spacial score (nSPS) is 15.2. The number of hydrogen-bond donors (Lipinski definition) is 2. The summed E-state index contributed by atoms with van der Waals surface area (Å²) in [4.78, 5) is 35.0. The minimum absolute atomic E-state index is 0.187. The summed E-state index contributed by atoms with van der Waals surface area (Å²) in [6.45, 7) is 3.78. The maximum atomic E-state index is 12.0. The fraction of sp³-hybridized carbons (Fsp3) is 0.167. The van der Waals surface area contributed by atoms with Crippen molar-refractivity contribution >= 4 is 24.0 Å². The molecular weight excluding hydrogens is 322 g/mol. The van der Waals surface area contributed by atoms with E-state index in [-0.39, 0.29) is 5.70 Å². The maximum Gasteiger partial charge on any atom is 0.339 e. The fourth-order valence-electron chi connectivity index (χ4n) is 2.89. The standard InChI is InChI=1S/C18H17N3O4/c1-10-8-12(9-14-16(22)20-18(24)19-14)11(2)21(10)15-7-5-4-6-13(15)17(23)25-3/h4-9H,1-3H3,(H2,19,20,22,24)/b14-9-. The van der Waals surface area contributed by atoms with Gasteiger partial charge in [-0.05, 0) is 43.7 Å². The summed E-state index contributed by atoms with van der Waals surface area (Å²) in [6, 6.07) is 8.47. The third kappa shape index (κ3) is 2.91. The molecule has 1 aromatic carbocycles. The van der Waals surface area contributed by atoms with Crippen molar-refractivity contribution in [1.29, 1.82) is 0 Å². The molecule has 2 heterocycles. The van der Waals surface area contributed by atoms with Crippen molar-refractivity contribution in [3.8, 4) is 5.69 Å². The Bertz CT molecular complexity index is 924. The van der Waals surface area contributed by atoms with Crippen molar-refractivity contribution < 1.29 is 19.1 Å². The Labute approximate surface area is 144 Å². The van der Waals surface area contributed by atoms with Crippen molar-refractivity contribution in [3.63, 3.8) is 0 Å². The van der Waals surface area contributed by atoms with Gasteiger partial charge in [-0.15, -0.1) is 0 Å².